The first-order valence-corrected chi connectivity index (χ1v) is 7.62. The van der Waals surface area contributed by atoms with Crippen molar-refractivity contribution in [2.45, 2.75) is 12.8 Å². The molecule has 0 radical (unpaired) electrons. The van der Waals surface area contributed by atoms with E-state index in [9.17, 15) is 9.59 Å². The van der Waals surface area contributed by atoms with Crippen LogP contribution in [-0.4, -0.2) is 55.4 Å². The molecule has 1 fully saturated rings. The fourth-order valence-corrected chi connectivity index (χ4v) is 2.41. The second-order valence-electron chi connectivity index (χ2n) is 5.38. The van der Waals surface area contributed by atoms with Gasteiger partial charge in [-0.05, 0) is 25.0 Å². The predicted octanol–water partition coefficient (Wildman–Crippen LogP) is 1.58. The quantitative estimate of drug-likeness (QED) is 0.744. The van der Waals surface area contributed by atoms with Crippen molar-refractivity contribution in [3.8, 4) is 11.5 Å². The summed E-state index contributed by atoms with van der Waals surface area (Å²) in [6, 6.07) is 7.12. The van der Waals surface area contributed by atoms with Crippen molar-refractivity contribution in [1.82, 2.24) is 10.2 Å². The van der Waals surface area contributed by atoms with Crippen LogP contribution >= 0.6 is 0 Å². The van der Waals surface area contributed by atoms with Gasteiger partial charge in [0.15, 0.2) is 0 Å². The van der Waals surface area contributed by atoms with Crippen LogP contribution in [0, 0.1) is 5.92 Å². The molecular formula is C16H22N2O5. The first kappa shape index (κ1) is 16.9. The molecule has 2 rings (SSSR count). The van der Waals surface area contributed by atoms with E-state index >= 15 is 0 Å². The van der Waals surface area contributed by atoms with Gasteiger partial charge in [0.25, 0.3) is 0 Å². The van der Waals surface area contributed by atoms with Crippen LogP contribution in [0.15, 0.2) is 24.3 Å². The van der Waals surface area contributed by atoms with E-state index < -0.39 is 11.9 Å². The largest absolute Gasteiger partial charge is 0.497 e. The monoisotopic (exact) mass is 322 g/mol. The number of carbonyl (C=O) groups excluding carboxylic acids is 1. The number of nitrogens with one attached hydrogen (secondary N) is 1. The molecule has 0 bridgehead atoms. The first-order chi connectivity index (χ1) is 11.1. The van der Waals surface area contributed by atoms with Crippen LogP contribution in [0.5, 0.6) is 11.5 Å². The van der Waals surface area contributed by atoms with E-state index in [-0.39, 0.29) is 12.6 Å². The number of carbonyl (C=O) groups is 2. The zero-order chi connectivity index (χ0) is 16.7. The summed E-state index contributed by atoms with van der Waals surface area (Å²) in [4.78, 5) is 24.3. The standard InChI is InChI=1S/C16H22N2O5/c1-22-13-4-2-5-14(10-13)23-9-3-7-17-16(21)18-8-6-12(11-18)15(19)20/h2,4-5,10,12H,3,6-9,11H2,1H3,(H,17,21)(H,19,20). The van der Waals surface area contributed by atoms with Crippen LogP contribution in [0.25, 0.3) is 0 Å². The minimum atomic E-state index is -0.841. The Labute approximate surface area is 135 Å². The maximum absolute atomic E-state index is 11.9. The summed E-state index contributed by atoms with van der Waals surface area (Å²) in [6.45, 7) is 1.73. The Balaban J connectivity index is 1.62. The van der Waals surface area contributed by atoms with Crippen LogP contribution in [0.2, 0.25) is 0 Å². The number of urea groups is 1. The number of likely N-dealkylation sites (tertiary alicyclic amines) is 1. The van der Waals surface area contributed by atoms with E-state index in [1.54, 1.807) is 18.1 Å². The molecule has 1 aliphatic heterocycles. The van der Waals surface area contributed by atoms with Crippen LogP contribution in [0.1, 0.15) is 12.8 Å². The maximum Gasteiger partial charge on any atom is 0.317 e. The molecule has 0 spiro atoms. The summed E-state index contributed by atoms with van der Waals surface area (Å²) >= 11 is 0. The Morgan fingerprint density at radius 1 is 1.39 bits per heavy atom. The second-order valence-corrected chi connectivity index (χ2v) is 5.38. The van der Waals surface area contributed by atoms with Gasteiger partial charge in [0.05, 0.1) is 19.6 Å². The zero-order valence-electron chi connectivity index (χ0n) is 13.2. The van der Waals surface area contributed by atoms with E-state index in [2.05, 4.69) is 5.32 Å². The number of amides is 2. The van der Waals surface area contributed by atoms with Gasteiger partial charge in [-0.25, -0.2) is 4.79 Å². The molecule has 1 unspecified atom stereocenters. The summed E-state index contributed by atoms with van der Waals surface area (Å²) < 4.78 is 10.7. The van der Waals surface area contributed by atoms with Crippen molar-refractivity contribution in [1.29, 1.82) is 0 Å². The Morgan fingerprint density at radius 3 is 2.87 bits per heavy atom. The molecule has 1 atom stereocenters. The molecule has 7 heteroatoms. The smallest absolute Gasteiger partial charge is 0.317 e. The molecule has 0 aromatic heterocycles. The highest BCUT2D eigenvalue weighted by Gasteiger charge is 2.30. The Kier molecular flexibility index (Phi) is 6.08. The third-order valence-electron chi connectivity index (χ3n) is 3.73. The normalized spacial score (nSPS) is 16.9. The number of ether oxygens (including phenoxy) is 2. The number of nitrogens with zero attached hydrogens (tertiary/aromatic N) is 1. The van der Waals surface area contributed by atoms with Gasteiger partial charge in [-0.3, -0.25) is 4.79 Å². The minimum absolute atomic E-state index is 0.213. The Bertz CT molecular complexity index is 549. The average molecular weight is 322 g/mol. The van der Waals surface area contributed by atoms with Crippen molar-refractivity contribution in [3.05, 3.63) is 24.3 Å². The van der Waals surface area contributed by atoms with Crippen LogP contribution < -0.4 is 14.8 Å². The number of carboxylic acid groups (broad SMARTS) is 1. The minimum Gasteiger partial charge on any atom is -0.497 e. The van der Waals surface area contributed by atoms with E-state index in [4.69, 9.17) is 14.6 Å². The average Bonchev–Trinajstić information content (AvgIpc) is 3.05. The lowest BCUT2D eigenvalue weighted by Gasteiger charge is -2.16. The van der Waals surface area contributed by atoms with Gasteiger partial charge in [-0.15, -0.1) is 0 Å². The molecule has 23 heavy (non-hydrogen) atoms. The van der Waals surface area contributed by atoms with Gasteiger partial charge < -0.3 is 24.8 Å². The number of aliphatic carboxylic acids is 1. The molecule has 1 aliphatic rings. The third-order valence-corrected chi connectivity index (χ3v) is 3.73. The Hall–Kier alpha value is -2.44. The van der Waals surface area contributed by atoms with Gasteiger partial charge in [-0.2, -0.15) is 0 Å². The van der Waals surface area contributed by atoms with Crippen molar-refractivity contribution in [2.75, 3.05) is 33.4 Å². The van der Waals surface area contributed by atoms with E-state index in [1.807, 2.05) is 18.2 Å². The number of rotatable bonds is 7. The topological polar surface area (TPSA) is 88.1 Å². The van der Waals surface area contributed by atoms with Crippen LogP contribution in [0.3, 0.4) is 0 Å². The van der Waals surface area contributed by atoms with E-state index in [0.717, 1.165) is 11.5 Å². The molecule has 2 amide bonds. The van der Waals surface area contributed by atoms with Crippen molar-refractivity contribution < 1.29 is 24.2 Å². The zero-order valence-corrected chi connectivity index (χ0v) is 13.2. The molecule has 0 aliphatic carbocycles. The molecule has 2 N–H and O–H groups in total. The van der Waals surface area contributed by atoms with Crippen molar-refractivity contribution in [2.24, 2.45) is 5.92 Å². The molecule has 1 aromatic rings. The highest BCUT2D eigenvalue weighted by atomic mass is 16.5. The lowest BCUT2D eigenvalue weighted by molar-refractivity contribution is -0.141. The predicted molar refractivity (Wildman–Crippen MR) is 83.8 cm³/mol. The molecular weight excluding hydrogens is 300 g/mol. The van der Waals surface area contributed by atoms with Crippen molar-refractivity contribution >= 4 is 12.0 Å². The molecule has 1 heterocycles. The van der Waals surface area contributed by atoms with Crippen LogP contribution in [0.4, 0.5) is 4.79 Å². The van der Waals surface area contributed by atoms with Crippen LogP contribution in [-0.2, 0) is 4.79 Å². The Morgan fingerprint density at radius 2 is 2.17 bits per heavy atom. The van der Waals surface area contributed by atoms with Crippen molar-refractivity contribution in [3.63, 3.8) is 0 Å². The van der Waals surface area contributed by atoms with E-state index in [1.165, 1.54) is 0 Å². The highest BCUT2D eigenvalue weighted by molar-refractivity contribution is 5.77. The number of hydrogen-bond donors (Lipinski definition) is 2. The van der Waals surface area contributed by atoms with Gasteiger partial charge in [0.2, 0.25) is 0 Å². The molecule has 1 saturated heterocycles. The third kappa shape index (κ3) is 5.05. The molecule has 126 valence electrons. The molecule has 0 saturated carbocycles. The summed E-state index contributed by atoms with van der Waals surface area (Å²) in [5, 5.41) is 11.7. The lowest BCUT2D eigenvalue weighted by Crippen LogP contribution is -2.39. The number of benzene rings is 1. The molecule has 1 aromatic carbocycles. The fraction of sp³-hybridized carbons (Fsp3) is 0.500. The van der Waals surface area contributed by atoms with E-state index in [0.29, 0.717) is 32.5 Å². The summed E-state index contributed by atoms with van der Waals surface area (Å²) in [6.07, 6.45) is 1.18. The molecule has 7 nitrogen and oxygen atoms in total. The van der Waals surface area contributed by atoms with Gasteiger partial charge in [0.1, 0.15) is 11.5 Å². The summed E-state index contributed by atoms with van der Waals surface area (Å²) in [5.74, 6) is 0.168. The second kappa shape index (κ2) is 8.26. The first-order valence-electron chi connectivity index (χ1n) is 7.62. The SMILES string of the molecule is COc1cccc(OCCCNC(=O)N2CCC(C(=O)O)C2)c1. The van der Waals surface area contributed by atoms with Gasteiger partial charge in [-0.1, -0.05) is 6.07 Å². The maximum atomic E-state index is 11.9. The summed E-state index contributed by atoms with van der Waals surface area (Å²) in [5.41, 5.74) is 0. The lowest BCUT2D eigenvalue weighted by atomic mass is 10.1. The van der Waals surface area contributed by atoms with Gasteiger partial charge in [0, 0.05) is 25.7 Å². The van der Waals surface area contributed by atoms with Gasteiger partial charge >= 0.3 is 12.0 Å². The summed E-state index contributed by atoms with van der Waals surface area (Å²) in [7, 11) is 1.60. The number of hydrogen-bond acceptors (Lipinski definition) is 4. The number of carboxylic acids is 1. The number of methoxy groups -OCH3 is 1. The fourth-order valence-electron chi connectivity index (χ4n) is 2.41. The highest BCUT2D eigenvalue weighted by Crippen LogP contribution is 2.19.